The molecule has 1 aliphatic rings. The third-order valence-electron chi connectivity index (χ3n) is 2.97. The molecule has 2 atom stereocenters. The molecule has 1 aromatic rings. The van der Waals surface area contributed by atoms with Crippen LogP contribution in [0.3, 0.4) is 0 Å². The smallest absolute Gasteiger partial charge is 0.181 e. The molecule has 1 aromatic heterocycles. The molecule has 0 aliphatic carbocycles. The Balaban J connectivity index is 1.88. The fraction of sp³-hybridized carbons (Fsp3) is 0.750. The van der Waals surface area contributed by atoms with Crippen LogP contribution in [0.1, 0.15) is 37.3 Å². The van der Waals surface area contributed by atoms with Crippen LogP contribution in [0.2, 0.25) is 0 Å². The SMILES string of the molecule is COCCNCc1ncoc1C1CCC(C)O1. The largest absolute Gasteiger partial charge is 0.445 e. The number of methoxy groups -OCH3 is 1. The molecule has 96 valence electrons. The van der Waals surface area contributed by atoms with Gasteiger partial charge < -0.3 is 19.2 Å². The maximum absolute atomic E-state index is 5.79. The van der Waals surface area contributed by atoms with Crippen LogP contribution < -0.4 is 5.32 Å². The Bertz CT molecular complexity index is 340. The van der Waals surface area contributed by atoms with Gasteiger partial charge in [-0.15, -0.1) is 0 Å². The number of nitrogens with zero attached hydrogens (tertiary/aromatic N) is 1. The third-order valence-corrected chi connectivity index (χ3v) is 2.97. The number of hydrogen-bond acceptors (Lipinski definition) is 5. The third kappa shape index (κ3) is 3.28. The number of nitrogens with one attached hydrogen (secondary N) is 1. The lowest BCUT2D eigenvalue weighted by molar-refractivity contribution is 0.0416. The van der Waals surface area contributed by atoms with Crippen LogP contribution in [-0.4, -0.2) is 31.3 Å². The standard InChI is InChI=1S/C12H20N2O3/c1-9-3-4-11(17-9)12-10(14-8-16-12)7-13-5-6-15-2/h8-9,11,13H,3-7H2,1-2H3. The summed E-state index contributed by atoms with van der Waals surface area (Å²) in [4.78, 5) is 4.23. The molecule has 1 fully saturated rings. The van der Waals surface area contributed by atoms with E-state index in [9.17, 15) is 0 Å². The van der Waals surface area contributed by atoms with Crippen molar-refractivity contribution in [2.75, 3.05) is 20.3 Å². The predicted octanol–water partition coefficient (Wildman–Crippen LogP) is 1.65. The lowest BCUT2D eigenvalue weighted by Crippen LogP contribution is -2.19. The molecule has 0 amide bonds. The molecule has 5 heteroatoms. The highest BCUT2D eigenvalue weighted by molar-refractivity contribution is 5.11. The van der Waals surface area contributed by atoms with Crippen molar-refractivity contribution in [3.05, 3.63) is 17.8 Å². The molecule has 5 nitrogen and oxygen atoms in total. The number of rotatable bonds is 6. The van der Waals surface area contributed by atoms with Gasteiger partial charge >= 0.3 is 0 Å². The van der Waals surface area contributed by atoms with E-state index < -0.39 is 0 Å². The van der Waals surface area contributed by atoms with Gasteiger partial charge in [-0.25, -0.2) is 4.98 Å². The maximum Gasteiger partial charge on any atom is 0.181 e. The van der Waals surface area contributed by atoms with E-state index in [-0.39, 0.29) is 6.10 Å². The van der Waals surface area contributed by atoms with E-state index in [4.69, 9.17) is 13.9 Å². The van der Waals surface area contributed by atoms with Gasteiger partial charge in [-0.3, -0.25) is 0 Å². The zero-order valence-corrected chi connectivity index (χ0v) is 10.4. The van der Waals surface area contributed by atoms with Crippen LogP contribution in [0, 0.1) is 0 Å². The van der Waals surface area contributed by atoms with Crippen molar-refractivity contribution < 1.29 is 13.9 Å². The van der Waals surface area contributed by atoms with E-state index in [1.807, 2.05) is 0 Å². The summed E-state index contributed by atoms with van der Waals surface area (Å²) in [5, 5.41) is 3.26. The van der Waals surface area contributed by atoms with Gasteiger partial charge in [0, 0.05) is 20.2 Å². The van der Waals surface area contributed by atoms with Gasteiger partial charge in [-0.05, 0) is 19.8 Å². The molecule has 2 heterocycles. The van der Waals surface area contributed by atoms with Crippen LogP contribution in [0.15, 0.2) is 10.8 Å². The summed E-state index contributed by atoms with van der Waals surface area (Å²) in [6, 6.07) is 0. The topological polar surface area (TPSA) is 56.5 Å². The summed E-state index contributed by atoms with van der Waals surface area (Å²) >= 11 is 0. The van der Waals surface area contributed by atoms with Crippen LogP contribution in [0.25, 0.3) is 0 Å². The summed E-state index contributed by atoms with van der Waals surface area (Å²) in [7, 11) is 1.69. The normalized spacial score (nSPS) is 24.4. The highest BCUT2D eigenvalue weighted by atomic mass is 16.5. The van der Waals surface area contributed by atoms with Crippen molar-refractivity contribution in [1.29, 1.82) is 0 Å². The van der Waals surface area contributed by atoms with E-state index in [2.05, 4.69) is 17.2 Å². The van der Waals surface area contributed by atoms with Crippen LogP contribution >= 0.6 is 0 Å². The van der Waals surface area contributed by atoms with Gasteiger partial charge in [0.25, 0.3) is 0 Å². The van der Waals surface area contributed by atoms with Crippen molar-refractivity contribution >= 4 is 0 Å². The molecule has 17 heavy (non-hydrogen) atoms. The Morgan fingerprint density at radius 3 is 3.12 bits per heavy atom. The summed E-state index contributed by atoms with van der Waals surface area (Å²) in [5.74, 6) is 0.874. The predicted molar refractivity (Wildman–Crippen MR) is 62.6 cm³/mol. The second-order valence-electron chi connectivity index (χ2n) is 4.35. The minimum Gasteiger partial charge on any atom is -0.445 e. The minimum absolute atomic E-state index is 0.0757. The molecule has 1 aliphatic heterocycles. The fourth-order valence-corrected chi connectivity index (χ4v) is 2.05. The molecule has 0 saturated carbocycles. The molecule has 1 saturated heterocycles. The minimum atomic E-state index is 0.0757. The second-order valence-corrected chi connectivity index (χ2v) is 4.35. The van der Waals surface area contributed by atoms with Gasteiger partial charge in [0.1, 0.15) is 6.10 Å². The molecular weight excluding hydrogens is 220 g/mol. The number of oxazole rings is 1. The zero-order valence-electron chi connectivity index (χ0n) is 10.4. The first-order valence-corrected chi connectivity index (χ1v) is 6.08. The van der Waals surface area contributed by atoms with Crippen LogP contribution in [-0.2, 0) is 16.0 Å². The van der Waals surface area contributed by atoms with Gasteiger partial charge in [-0.1, -0.05) is 0 Å². The highest BCUT2D eigenvalue weighted by Crippen LogP contribution is 2.33. The monoisotopic (exact) mass is 240 g/mol. The lowest BCUT2D eigenvalue weighted by atomic mass is 10.1. The average Bonchev–Trinajstić information content (AvgIpc) is 2.93. The molecule has 0 radical (unpaired) electrons. The maximum atomic E-state index is 5.79. The highest BCUT2D eigenvalue weighted by Gasteiger charge is 2.28. The quantitative estimate of drug-likeness (QED) is 0.766. The molecular formula is C12H20N2O3. The summed E-state index contributed by atoms with van der Waals surface area (Å²) in [6.07, 6.45) is 3.99. The Morgan fingerprint density at radius 1 is 1.53 bits per heavy atom. The molecule has 0 spiro atoms. The Hall–Kier alpha value is -0.910. The molecule has 1 N–H and O–H groups in total. The lowest BCUT2D eigenvalue weighted by Gasteiger charge is -2.10. The molecule has 0 aromatic carbocycles. The first-order valence-electron chi connectivity index (χ1n) is 6.08. The van der Waals surface area contributed by atoms with E-state index in [1.165, 1.54) is 6.39 Å². The van der Waals surface area contributed by atoms with E-state index in [1.54, 1.807) is 7.11 Å². The Morgan fingerprint density at radius 2 is 2.41 bits per heavy atom. The number of hydrogen-bond donors (Lipinski definition) is 1. The second kappa shape index (κ2) is 6.14. The summed E-state index contributed by atoms with van der Waals surface area (Å²) in [6.45, 7) is 4.30. The first-order chi connectivity index (χ1) is 8.31. The molecule has 2 rings (SSSR count). The zero-order chi connectivity index (χ0) is 12.1. The van der Waals surface area contributed by atoms with Gasteiger partial charge in [0.15, 0.2) is 12.2 Å². The van der Waals surface area contributed by atoms with E-state index in [0.29, 0.717) is 19.3 Å². The van der Waals surface area contributed by atoms with Crippen molar-refractivity contribution in [3.63, 3.8) is 0 Å². The molecule has 0 bridgehead atoms. The van der Waals surface area contributed by atoms with Gasteiger partial charge in [0.2, 0.25) is 0 Å². The number of aromatic nitrogens is 1. The van der Waals surface area contributed by atoms with Crippen molar-refractivity contribution in [3.8, 4) is 0 Å². The first kappa shape index (κ1) is 12.5. The summed E-state index contributed by atoms with van der Waals surface area (Å²) in [5.41, 5.74) is 0.945. The van der Waals surface area contributed by atoms with Crippen molar-refractivity contribution in [1.82, 2.24) is 10.3 Å². The number of ether oxygens (including phenoxy) is 2. The Kier molecular flexibility index (Phi) is 4.53. The average molecular weight is 240 g/mol. The van der Waals surface area contributed by atoms with E-state index in [0.717, 1.165) is 30.8 Å². The van der Waals surface area contributed by atoms with Gasteiger partial charge in [-0.2, -0.15) is 0 Å². The van der Waals surface area contributed by atoms with E-state index >= 15 is 0 Å². The van der Waals surface area contributed by atoms with Crippen molar-refractivity contribution in [2.24, 2.45) is 0 Å². The fourth-order valence-electron chi connectivity index (χ4n) is 2.05. The van der Waals surface area contributed by atoms with Crippen LogP contribution in [0.5, 0.6) is 0 Å². The molecule has 2 unspecified atom stereocenters. The summed E-state index contributed by atoms with van der Waals surface area (Å²) < 4.78 is 16.2. The Labute approximate surface area is 102 Å². The van der Waals surface area contributed by atoms with Crippen LogP contribution in [0.4, 0.5) is 0 Å². The van der Waals surface area contributed by atoms with Gasteiger partial charge in [0.05, 0.1) is 18.4 Å². The van der Waals surface area contributed by atoms with Crippen molar-refractivity contribution in [2.45, 2.75) is 38.5 Å².